The maximum atomic E-state index is 12.2. The third-order valence-corrected chi connectivity index (χ3v) is 4.68. The number of carbonyl (C=O) groups excluding carboxylic acids is 1. The molecule has 1 unspecified atom stereocenters. The monoisotopic (exact) mass is 252 g/mol. The molecule has 2 aliphatic heterocycles. The van der Waals surface area contributed by atoms with E-state index in [-0.39, 0.29) is 18.1 Å². The van der Waals surface area contributed by atoms with Crippen LogP contribution in [0, 0.1) is 0 Å². The first-order valence-corrected chi connectivity index (χ1v) is 7.51. The van der Waals surface area contributed by atoms with Gasteiger partial charge in [-0.25, -0.2) is 0 Å². The number of nitrogens with one attached hydrogen (secondary N) is 1. The van der Waals surface area contributed by atoms with Gasteiger partial charge in [-0.3, -0.25) is 9.69 Å². The molecule has 4 nitrogen and oxygen atoms in total. The Kier molecular flexibility index (Phi) is 3.85. The molecule has 0 amide bonds. The van der Waals surface area contributed by atoms with E-state index in [1.807, 2.05) is 0 Å². The van der Waals surface area contributed by atoms with Crippen LogP contribution in [-0.4, -0.2) is 48.7 Å². The minimum Gasteiger partial charge on any atom is -0.461 e. The van der Waals surface area contributed by atoms with Gasteiger partial charge in [-0.2, -0.15) is 0 Å². The Hall–Kier alpha value is -0.610. The van der Waals surface area contributed by atoms with Crippen LogP contribution in [0.15, 0.2) is 0 Å². The van der Waals surface area contributed by atoms with Crippen LogP contribution < -0.4 is 5.32 Å². The highest BCUT2D eigenvalue weighted by molar-refractivity contribution is 5.76. The molecule has 3 rings (SSSR count). The largest absolute Gasteiger partial charge is 0.461 e. The lowest BCUT2D eigenvalue weighted by atomic mass is 9.96. The highest BCUT2D eigenvalue weighted by Crippen LogP contribution is 2.28. The van der Waals surface area contributed by atoms with Crippen molar-refractivity contribution in [1.29, 1.82) is 0 Å². The maximum absolute atomic E-state index is 12.2. The van der Waals surface area contributed by atoms with Gasteiger partial charge in [-0.15, -0.1) is 0 Å². The Morgan fingerprint density at radius 1 is 1.06 bits per heavy atom. The number of nitrogens with zero attached hydrogens (tertiary/aromatic N) is 1. The second kappa shape index (κ2) is 5.57. The predicted molar refractivity (Wildman–Crippen MR) is 69.4 cm³/mol. The summed E-state index contributed by atoms with van der Waals surface area (Å²) in [5, 5.41) is 3.39. The SMILES string of the molecule is O=C(OC1CCC1)C1CCCN1C1CCNCC1. The molecule has 3 aliphatic rings. The van der Waals surface area contributed by atoms with Gasteiger partial charge in [0.05, 0.1) is 0 Å². The summed E-state index contributed by atoms with van der Waals surface area (Å²) in [6.07, 6.45) is 8.09. The average Bonchev–Trinajstić information content (AvgIpc) is 2.84. The zero-order chi connectivity index (χ0) is 12.4. The van der Waals surface area contributed by atoms with Gasteiger partial charge >= 0.3 is 5.97 Å². The van der Waals surface area contributed by atoms with Crippen molar-refractivity contribution < 1.29 is 9.53 Å². The van der Waals surface area contributed by atoms with E-state index in [0.29, 0.717) is 6.04 Å². The van der Waals surface area contributed by atoms with Crippen LogP contribution in [0.5, 0.6) is 0 Å². The molecule has 2 saturated heterocycles. The number of hydrogen-bond donors (Lipinski definition) is 1. The van der Waals surface area contributed by atoms with Crippen molar-refractivity contribution >= 4 is 5.97 Å². The first kappa shape index (κ1) is 12.4. The Morgan fingerprint density at radius 2 is 1.83 bits per heavy atom. The van der Waals surface area contributed by atoms with Crippen molar-refractivity contribution in [2.75, 3.05) is 19.6 Å². The van der Waals surface area contributed by atoms with E-state index in [1.165, 1.54) is 19.3 Å². The van der Waals surface area contributed by atoms with E-state index in [4.69, 9.17) is 4.74 Å². The zero-order valence-corrected chi connectivity index (χ0v) is 11.1. The fourth-order valence-electron chi connectivity index (χ4n) is 3.35. The number of rotatable bonds is 3. The number of carbonyl (C=O) groups is 1. The first-order valence-electron chi connectivity index (χ1n) is 7.51. The number of hydrogen-bond acceptors (Lipinski definition) is 4. The average molecular weight is 252 g/mol. The van der Waals surface area contributed by atoms with Crippen LogP contribution in [0.25, 0.3) is 0 Å². The van der Waals surface area contributed by atoms with Crippen molar-refractivity contribution in [3.8, 4) is 0 Å². The van der Waals surface area contributed by atoms with Gasteiger partial charge in [0, 0.05) is 6.04 Å². The van der Waals surface area contributed by atoms with Gasteiger partial charge in [-0.05, 0) is 64.6 Å². The summed E-state index contributed by atoms with van der Waals surface area (Å²) >= 11 is 0. The third-order valence-electron chi connectivity index (χ3n) is 4.68. The number of ether oxygens (including phenoxy) is 1. The van der Waals surface area contributed by atoms with Gasteiger partial charge in [0.15, 0.2) is 0 Å². The van der Waals surface area contributed by atoms with E-state index >= 15 is 0 Å². The summed E-state index contributed by atoms with van der Waals surface area (Å²) in [4.78, 5) is 14.6. The van der Waals surface area contributed by atoms with Crippen molar-refractivity contribution in [2.24, 2.45) is 0 Å². The predicted octanol–water partition coefficient (Wildman–Crippen LogP) is 1.30. The Labute approximate surface area is 109 Å². The van der Waals surface area contributed by atoms with Crippen molar-refractivity contribution in [3.05, 3.63) is 0 Å². The van der Waals surface area contributed by atoms with Crippen molar-refractivity contribution in [3.63, 3.8) is 0 Å². The summed E-state index contributed by atoms with van der Waals surface area (Å²) in [5.74, 6) is 0.0516. The van der Waals surface area contributed by atoms with E-state index in [2.05, 4.69) is 10.2 Å². The normalized spacial score (nSPS) is 31.2. The van der Waals surface area contributed by atoms with E-state index in [9.17, 15) is 4.79 Å². The molecule has 1 N–H and O–H groups in total. The molecule has 0 aromatic heterocycles. The molecule has 1 atom stereocenters. The second-order valence-corrected chi connectivity index (χ2v) is 5.87. The molecule has 0 bridgehead atoms. The van der Waals surface area contributed by atoms with Crippen LogP contribution in [0.3, 0.4) is 0 Å². The number of esters is 1. The van der Waals surface area contributed by atoms with Crippen molar-refractivity contribution in [1.82, 2.24) is 10.2 Å². The Bertz CT molecular complexity index is 298. The third kappa shape index (κ3) is 2.54. The number of likely N-dealkylation sites (tertiary alicyclic amines) is 1. The Morgan fingerprint density at radius 3 is 2.50 bits per heavy atom. The first-order chi connectivity index (χ1) is 8.84. The molecule has 1 aliphatic carbocycles. The highest BCUT2D eigenvalue weighted by atomic mass is 16.5. The molecule has 0 aromatic carbocycles. The van der Waals surface area contributed by atoms with Gasteiger partial charge in [0.2, 0.25) is 0 Å². The molecule has 0 radical (unpaired) electrons. The highest BCUT2D eigenvalue weighted by Gasteiger charge is 2.38. The second-order valence-electron chi connectivity index (χ2n) is 5.87. The minimum absolute atomic E-state index is 0.0497. The summed E-state index contributed by atoms with van der Waals surface area (Å²) < 4.78 is 5.60. The summed E-state index contributed by atoms with van der Waals surface area (Å²) in [5.41, 5.74) is 0. The summed E-state index contributed by atoms with van der Waals surface area (Å²) in [7, 11) is 0. The smallest absolute Gasteiger partial charge is 0.323 e. The lowest BCUT2D eigenvalue weighted by molar-refractivity contribution is -0.159. The molecule has 102 valence electrons. The fraction of sp³-hybridized carbons (Fsp3) is 0.929. The maximum Gasteiger partial charge on any atom is 0.323 e. The number of piperidine rings is 1. The molecular weight excluding hydrogens is 228 g/mol. The Balaban J connectivity index is 1.57. The molecule has 18 heavy (non-hydrogen) atoms. The fourth-order valence-corrected chi connectivity index (χ4v) is 3.35. The van der Waals surface area contributed by atoms with Crippen LogP contribution >= 0.6 is 0 Å². The van der Waals surface area contributed by atoms with Gasteiger partial charge in [-0.1, -0.05) is 0 Å². The molecule has 0 aromatic rings. The lowest BCUT2D eigenvalue weighted by Crippen LogP contribution is -2.49. The van der Waals surface area contributed by atoms with E-state index < -0.39 is 0 Å². The van der Waals surface area contributed by atoms with Gasteiger partial charge < -0.3 is 10.1 Å². The van der Waals surface area contributed by atoms with Gasteiger partial charge in [0.1, 0.15) is 12.1 Å². The standard InChI is InChI=1S/C14H24N2O2/c17-14(18-12-3-1-4-12)13-5-2-10-16(13)11-6-8-15-9-7-11/h11-13,15H,1-10H2. The molecule has 3 fully saturated rings. The van der Waals surface area contributed by atoms with Crippen LogP contribution in [-0.2, 0) is 9.53 Å². The van der Waals surface area contributed by atoms with Gasteiger partial charge in [0.25, 0.3) is 0 Å². The van der Waals surface area contributed by atoms with E-state index in [1.54, 1.807) is 0 Å². The van der Waals surface area contributed by atoms with Crippen LogP contribution in [0.1, 0.15) is 44.9 Å². The quantitative estimate of drug-likeness (QED) is 0.769. The van der Waals surface area contributed by atoms with Crippen LogP contribution in [0.4, 0.5) is 0 Å². The van der Waals surface area contributed by atoms with E-state index in [0.717, 1.165) is 45.3 Å². The minimum atomic E-state index is 0.0497. The lowest BCUT2D eigenvalue weighted by Gasteiger charge is -2.36. The molecule has 2 heterocycles. The topological polar surface area (TPSA) is 41.6 Å². The summed E-state index contributed by atoms with van der Waals surface area (Å²) in [6.45, 7) is 3.26. The molecule has 1 saturated carbocycles. The van der Waals surface area contributed by atoms with Crippen molar-refractivity contribution in [2.45, 2.75) is 63.1 Å². The molecule has 4 heteroatoms. The summed E-state index contributed by atoms with van der Waals surface area (Å²) in [6, 6.07) is 0.640. The van der Waals surface area contributed by atoms with Crippen LogP contribution in [0.2, 0.25) is 0 Å². The molecule has 0 spiro atoms. The molecular formula is C14H24N2O2. The zero-order valence-electron chi connectivity index (χ0n) is 11.1.